The van der Waals surface area contributed by atoms with Crippen LogP contribution in [0.15, 0.2) is 18.2 Å². The van der Waals surface area contributed by atoms with Crippen molar-refractivity contribution < 1.29 is 23.8 Å². The fourth-order valence-corrected chi connectivity index (χ4v) is 0.981. The lowest BCUT2D eigenvalue weighted by Gasteiger charge is -2.08. The van der Waals surface area contributed by atoms with Gasteiger partial charge in [-0.05, 0) is 19.1 Å². The van der Waals surface area contributed by atoms with Crippen molar-refractivity contribution in [2.45, 2.75) is 6.92 Å². The summed E-state index contributed by atoms with van der Waals surface area (Å²) in [6.45, 7) is 2.12. The number of ether oxygens (including phenoxy) is 2. The zero-order valence-electron chi connectivity index (χ0n) is 8.20. The van der Waals surface area contributed by atoms with E-state index in [4.69, 9.17) is 14.6 Å². The maximum atomic E-state index is 12.8. The van der Waals surface area contributed by atoms with Gasteiger partial charge in [0, 0.05) is 12.7 Å². The number of carboxylic acids is 1. The van der Waals surface area contributed by atoms with Crippen LogP contribution in [-0.4, -0.2) is 24.5 Å². The summed E-state index contributed by atoms with van der Waals surface area (Å²) >= 11 is 0. The molecule has 1 N–H and O–H groups in total. The maximum absolute atomic E-state index is 12.8. The quantitative estimate of drug-likeness (QED) is 0.600. The van der Waals surface area contributed by atoms with Crippen molar-refractivity contribution >= 4 is 5.97 Å². The largest absolute Gasteiger partial charge is 0.478 e. The molecule has 0 fully saturated rings. The van der Waals surface area contributed by atoms with Crippen LogP contribution in [0.4, 0.5) is 4.39 Å². The molecule has 0 aliphatic heterocycles. The van der Waals surface area contributed by atoms with Gasteiger partial charge in [-0.3, -0.25) is 0 Å². The molecule has 0 saturated heterocycles. The van der Waals surface area contributed by atoms with Gasteiger partial charge in [-0.15, -0.1) is 0 Å². The second kappa shape index (κ2) is 5.31. The number of halogens is 1. The Morgan fingerprint density at radius 1 is 1.53 bits per heavy atom. The summed E-state index contributed by atoms with van der Waals surface area (Å²) in [5.41, 5.74) is -0.0869. The smallest absolute Gasteiger partial charge is 0.339 e. The minimum atomic E-state index is -1.17. The zero-order valence-corrected chi connectivity index (χ0v) is 8.20. The maximum Gasteiger partial charge on any atom is 0.339 e. The molecule has 0 heterocycles. The molecule has 0 unspecified atom stereocenters. The molecular formula is C10H11FO4. The van der Waals surface area contributed by atoms with E-state index in [9.17, 15) is 9.18 Å². The van der Waals surface area contributed by atoms with E-state index in [2.05, 4.69) is 0 Å². The number of rotatable bonds is 5. The third kappa shape index (κ3) is 3.21. The van der Waals surface area contributed by atoms with E-state index in [0.717, 1.165) is 18.2 Å². The van der Waals surface area contributed by atoms with E-state index in [1.54, 1.807) is 6.92 Å². The molecule has 0 saturated carbocycles. The molecule has 0 atom stereocenters. The minimum absolute atomic E-state index is 0.0315. The van der Waals surface area contributed by atoms with E-state index in [1.165, 1.54) is 0 Å². The van der Waals surface area contributed by atoms with Crippen LogP contribution in [0.2, 0.25) is 0 Å². The van der Waals surface area contributed by atoms with Crippen LogP contribution in [0.5, 0.6) is 5.75 Å². The molecule has 15 heavy (non-hydrogen) atoms. The van der Waals surface area contributed by atoms with Crippen LogP contribution in [0.1, 0.15) is 17.3 Å². The van der Waals surface area contributed by atoms with E-state index < -0.39 is 11.8 Å². The Balaban J connectivity index is 2.82. The van der Waals surface area contributed by atoms with Crippen molar-refractivity contribution in [2.75, 3.05) is 13.4 Å². The summed E-state index contributed by atoms with van der Waals surface area (Å²) in [5.74, 6) is -1.75. The highest BCUT2D eigenvalue weighted by molar-refractivity contribution is 5.90. The first-order valence-corrected chi connectivity index (χ1v) is 4.38. The minimum Gasteiger partial charge on any atom is -0.478 e. The number of benzene rings is 1. The predicted octanol–water partition coefficient (Wildman–Crippen LogP) is 1.90. The molecule has 1 aromatic rings. The molecular weight excluding hydrogens is 203 g/mol. The van der Waals surface area contributed by atoms with Gasteiger partial charge in [-0.2, -0.15) is 0 Å². The summed E-state index contributed by atoms with van der Waals surface area (Å²) in [4.78, 5) is 10.7. The highest BCUT2D eigenvalue weighted by atomic mass is 19.1. The lowest BCUT2D eigenvalue weighted by molar-refractivity contribution is 0.0212. The standard InChI is InChI=1S/C10H11FO4/c1-2-14-6-15-9-5-7(11)3-4-8(9)10(12)13/h3-5H,2,6H2,1H3,(H,12,13). The fourth-order valence-electron chi connectivity index (χ4n) is 0.981. The van der Waals surface area contributed by atoms with Crippen LogP contribution in [0.25, 0.3) is 0 Å². The van der Waals surface area contributed by atoms with Crippen molar-refractivity contribution in [1.82, 2.24) is 0 Å². The molecule has 0 amide bonds. The number of carboxylic acid groups (broad SMARTS) is 1. The Kier molecular flexibility index (Phi) is 4.05. The van der Waals surface area contributed by atoms with Gasteiger partial charge >= 0.3 is 5.97 Å². The molecule has 1 aromatic carbocycles. The lowest BCUT2D eigenvalue weighted by Crippen LogP contribution is -2.07. The number of hydrogen-bond acceptors (Lipinski definition) is 3. The molecule has 0 aromatic heterocycles. The van der Waals surface area contributed by atoms with E-state index >= 15 is 0 Å². The van der Waals surface area contributed by atoms with Crippen LogP contribution < -0.4 is 4.74 Å². The normalized spacial score (nSPS) is 10.0. The van der Waals surface area contributed by atoms with Gasteiger partial charge < -0.3 is 14.6 Å². The van der Waals surface area contributed by atoms with Crippen LogP contribution in [-0.2, 0) is 4.74 Å². The molecule has 5 heteroatoms. The van der Waals surface area contributed by atoms with Crippen molar-refractivity contribution in [3.8, 4) is 5.75 Å². The Morgan fingerprint density at radius 2 is 2.27 bits per heavy atom. The molecule has 0 radical (unpaired) electrons. The van der Waals surface area contributed by atoms with Crippen molar-refractivity contribution in [1.29, 1.82) is 0 Å². The zero-order chi connectivity index (χ0) is 11.3. The van der Waals surface area contributed by atoms with Gasteiger partial charge in [0.15, 0.2) is 6.79 Å². The summed E-state index contributed by atoms with van der Waals surface area (Å²) in [5, 5.41) is 8.77. The first-order chi connectivity index (χ1) is 7.15. The van der Waals surface area contributed by atoms with Crippen LogP contribution in [0.3, 0.4) is 0 Å². The van der Waals surface area contributed by atoms with E-state index in [0.29, 0.717) is 6.61 Å². The number of carbonyl (C=O) groups is 1. The monoisotopic (exact) mass is 214 g/mol. The lowest BCUT2D eigenvalue weighted by atomic mass is 10.2. The molecule has 4 nitrogen and oxygen atoms in total. The molecule has 0 aliphatic rings. The van der Waals surface area contributed by atoms with Gasteiger partial charge in [-0.25, -0.2) is 9.18 Å². The Morgan fingerprint density at radius 3 is 2.87 bits per heavy atom. The number of hydrogen-bond donors (Lipinski definition) is 1. The van der Waals surface area contributed by atoms with Gasteiger partial charge in [0.2, 0.25) is 0 Å². The highest BCUT2D eigenvalue weighted by Gasteiger charge is 2.11. The van der Waals surface area contributed by atoms with Gasteiger partial charge in [0.25, 0.3) is 0 Å². The highest BCUT2D eigenvalue weighted by Crippen LogP contribution is 2.19. The predicted molar refractivity (Wildman–Crippen MR) is 50.5 cm³/mol. The third-order valence-electron chi connectivity index (χ3n) is 1.68. The van der Waals surface area contributed by atoms with Crippen molar-refractivity contribution in [3.05, 3.63) is 29.6 Å². The first kappa shape index (κ1) is 11.5. The van der Waals surface area contributed by atoms with Crippen LogP contribution >= 0.6 is 0 Å². The molecule has 0 bridgehead atoms. The number of aromatic carboxylic acids is 1. The average molecular weight is 214 g/mol. The van der Waals surface area contributed by atoms with Crippen molar-refractivity contribution in [2.24, 2.45) is 0 Å². The van der Waals surface area contributed by atoms with Crippen LogP contribution in [0, 0.1) is 5.82 Å². The summed E-state index contributed by atoms with van der Waals surface area (Å²) in [7, 11) is 0. The van der Waals surface area contributed by atoms with Gasteiger partial charge in [0.05, 0.1) is 0 Å². The Bertz CT molecular complexity index is 351. The summed E-state index contributed by atoms with van der Waals surface area (Å²) in [6.07, 6.45) is 0. The first-order valence-electron chi connectivity index (χ1n) is 4.38. The van der Waals surface area contributed by atoms with E-state index in [1.807, 2.05) is 0 Å². The SMILES string of the molecule is CCOCOc1cc(F)ccc1C(=O)O. The molecule has 0 aliphatic carbocycles. The fraction of sp³-hybridized carbons (Fsp3) is 0.300. The molecule has 0 spiro atoms. The summed E-state index contributed by atoms with van der Waals surface area (Å²) in [6, 6.07) is 3.23. The van der Waals surface area contributed by atoms with Crippen molar-refractivity contribution in [3.63, 3.8) is 0 Å². The third-order valence-corrected chi connectivity index (χ3v) is 1.68. The molecule has 1 rings (SSSR count). The molecule has 82 valence electrons. The topological polar surface area (TPSA) is 55.8 Å². The Labute approximate surface area is 86.2 Å². The average Bonchev–Trinajstić information content (AvgIpc) is 2.18. The Hall–Kier alpha value is -1.62. The second-order valence-corrected chi connectivity index (χ2v) is 2.70. The van der Waals surface area contributed by atoms with Gasteiger partial charge in [0.1, 0.15) is 17.1 Å². The second-order valence-electron chi connectivity index (χ2n) is 2.70. The van der Waals surface area contributed by atoms with E-state index in [-0.39, 0.29) is 18.1 Å². The summed E-state index contributed by atoms with van der Waals surface area (Å²) < 4.78 is 22.7. The van der Waals surface area contributed by atoms with Gasteiger partial charge in [-0.1, -0.05) is 0 Å².